The fourth-order valence-electron chi connectivity index (χ4n) is 4.05. The van der Waals surface area contributed by atoms with Gasteiger partial charge in [0.05, 0.1) is 34.8 Å². The molecule has 0 amide bonds. The van der Waals surface area contributed by atoms with Crippen molar-refractivity contribution in [3.63, 3.8) is 0 Å². The SMILES string of the molecule is COc1cc([N+](=O)[O-])cc2c1NC(c1ccc([N+](=O)[O-])cc1)C1CC=CC21. The van der Waals surface area contributed by atoms with Crippen LogP contribution in [0.2, 0.25) is 0 Å². The molecular weight excluding hydrogens is 350 g/mol. The Kier molecular flexibility index (Phi) is 4.02. The van der Waals surface area contributed by atoms with E-state index in [-0.39, 0.29) is 29.3 Å². The van der Waals surface area contributed by atoms with E-state index < -0.39 is 9.85 Å². The number of anilines is 1. The summed E-state index contributed by atoms with van der Waals surface area (Å²) in [6, 6.07) is 9.45. The first kappa shape index (κ1) is 17.0. The fourth-order valence-corrected chi connectivity index (χ4v) is 4.05. The van der Waals surface area contributed by atoms with Crippen molar-refractivity contribution in [1.29, 1.82) is 0 Å². The molecule has 0 fully saturated rings. The van der Waals surface area contributed by atoms with Crippen LogP contribution in [0, 0.1) is 26.1 Å². The quantitative estimate of drug-likeness (QED) is 0.489. The van der Waals surface area contributed by atoms with Gasteiger partial charge in [-0.1, -0.05) is 24.3 Å². The van der Waals surface area contributed by atoms with Crippen molar-refractivity contribution in [3.05, 3.63) is 79.9 Å². The van der Waals surface area contributed by atoms with Crippen LogP contribution in [0.15, 0.2) is 48.6 Å². The molecule has 2 aromatic carbocycles. The fraction of sp³-hybridized carbons (Fsp3) is 0.263. The molecule has 1 N–H and O–H groups in total. The van der Waals surface area contributed by atoms with Gasteiger partial charge in [0.25, 0.3) is 11.4 Å². The zero-order valence-corrected chi connectivity index (χ0v) is 14.5. The Bertz CT molecular complexity index is 955. The van der Waals surface area contributed by atoms with E-state index >= 15 is 0 Å². The zero-order chi connectivity index (χ0) is 19.1. The number of nitro benzene ring substituents is 2. The number of nitro groups is 2. The van der Waals surface area contributed by atoms with Crippen molar-refractivity contribution in [2.45, 2.75) is 18.4 Å². The summed E-state index contributed by atoms with van der Waals surface area (Å²) < 4.78 is 5.41. The molecule has 0 aromatic heterocycles. The normalized spacial score (nSPS) is 22.5. The first-order valence-electron chi connectivity index (χ1n) is 8.53. The minimum Gasteiger partial charge on any atom is -0.494 e. The molecule has 0 saturated carbocycles. The molecule has 27 heavy (non-hydrogen) atoms. The largest absolute Gasteiger partial charge is 0.494 e. The maximum Gasteiger partial charge on any atom is 0.273 e. The Morgan fingerprint density at radius 1 is 1.07 bits per heavy atom. The third-order valence-electron chi connectivity index (χ3n) is 5.31. The molecule has 8 nitrogen and oxygen atoms in total. The summed E-state index contributed by atoms with van der Waals surface area (Å²) in [7, 11) is 1.48. The minimum absolute atomic E-state index is 0.000218. The molecule has 0 spiro atoms. The maximum absolute atomic E-state index is 11.3. The molecule has 1 aliphatic carbocycles. The van der Waals surface area contributed by atoms with E-state index in [1.807, 2.05) is 0 Å². The van der Waals surface area contributed by atoms with Gasteiger partial charge in [-0.05, 0) is 23.5 Å². The molecule has 3 atom stereocenters. The number of hydrogen-bond donors (Lipinski definition) is 1. The van der Waals surface area contributed by atoms with Gasteiger partial charge in [0.1, 0.15) is 5.75 Å². The second kappa shape index (κ2) is 6.39. The Balaban J connectivity index is 1.79. The van der Waals surface area contributed by atoms with Crippen molar-refractivity contribution in [3.8, 4) is 5.75 Å². The summed E-state index contributed by atoms with van der Waals surface area (Å²) in [6.45, 7) is 0. The summed E-state index contributed by atoms with van der Waals surface area (Å²) in [6.07, 6.45) is 4.98. The number of nitrogens with one attached hydrogen (secondary N) is 1. The number of allylic oxidation sites excluding steroid dienone is 2. The van der Waals surface area contributed by atoms with E-state index in [1.54, 1.807) is 18.2 Å². The second-order valence-electron chi connectivity index (χ2n) is 6.69. The van der Waals surface area contributed by atoms with Gasteiger partial charge in [0.15, 0.2) is 0 Å². The average molecular weight is 367 g/mol. The van der Waals surface area contributed by atoms with Gasteiger partial charge in [-0.2, -0.15) is 0 Å². The van der Waals surface area contributed by atoms with Crippen LogP contribution in [0.1, 0.15) is 29.5 Å². The van der Waals surface area contributed by atoms with Gasteiger partial charge in [0, 0.05) is 24.1 Å². The molecule has 0 radical (unpaired) electrons. The zero-order valence-electron chi connectivity index (χ0n) is 14.5. The molecule has 3 unspecified atom stereocenters. The van der Waals surface area contributed by atoms with E-state index in [4.69, 9.17) is 4.74 Å². The number of nitrogens with zero attached hydrogens (tertiary/aromatic N) is 2. The maximum atomic E-state index is 11.3. The Labute approximate surface area is 154 Å². The lowest BCUT2D eigenvalue weighted by Gasteiger charge is -2.38. The second-order valence-corrected chi connectivity index (χ2v) is 6.69. The Morgan fingerprint density at radius 3 is 2.41 bits per heavy atom. The standard InChI is InChI=1S/C19H17N3O5/c1-27-17-10-13(22(25)26)9-16-14-3-2-4-15(14)18(20-19(16)17)11-5-7-12(8-6-11)21(23)24/h2-3,5-10,14-15,18,20H,4H2,1H3. The molecule has 2 aliphatic rings. The van der Waals surface area contributed by atoms with Crippen LogP contribution in [0.25, 0.3) is 0 Å². The van der Waals surface area contributed by atoms with E-state index in [0.717, 1.165) is 23.2 Å². The molecule has 4 rings (SSSR count). The lowest BCUT2D eigenvalue weighted by molar-refractivity contribution is -0.385. The number of fused-ring (bicyclic) bond motifs is 3. The van der Waals surface area contributed by atoms with Crippen LogP contribution >= 0.6 is 0 Å². The van der Waals surface area contributed by atoms with Crippen LogP contribution < -0.4 is 10.1 Å². The van der Waals surface area contributed by atoms with Gasteiger partial charge < -0.3 is 10.1 Å². The van der Waals surface area contributed by atoms with Crippen LogP contribution in [0.5, 0.6) is 5.75 Å². The van der Waals surface area contributed by atoms with Crippen molar-refractivity contribution in [2.75, 3.05) is 12.4 Å². The van der Waals surface area contributed by atoms with E-state index in [2.05, 4.69) is 17.5 Å². The molecule has 0 saturated heterocycles. The van der Waals surface area contributed by atoms with Crippen LogP contribution in [-0.4, -0.2) is 17.0 Å². The third-order valence-corrected chi connectivity index (χ3v) is 5.31. The van der Waals surface area contributed by atoms with Crippen molar-refractivity contribution < 1.29 is 14.6 Å². The third kappa shape index (κ3) is 2.79. The summed E-state index contributed by atoms with van der Waals surface area (Å²) in [5, 5.41) is 25.7. The highest BCUT2D eigenvalue weighted by Gasteiger charge is 2.40. The first-order chi connectivity index (χ1) is 13.0. The monoisotopic (exact) mass is 367 g/mol. The molecule has 0 bridgehead atoms. The predicted molar refractivity (Wildman–Crippen MR) is 99.1 cm³/mol. The number of ether oxygens (including phenoxy) is 1. The van der Waals surface area contributed by atoms with Crippen molar-refractivity contribution >= 4 is 17.1 Å². The van der Waals surface area contributed by atoms with Gasteiger partial charge in [-0.25, -0.2) is 0 Å². The topological polar surface area (TPSA) is 108 Å². The number of hydrogen-bond acceptors (Lipinski definition) is 6. The van der Waals surface area contributed by atoms with Gasteiger partial charge in [-0.3, -0.25) is 20.2 Å². The van der Waals surface area contributed by atoms with Crippen molar-refractivity contribution in [1.82, 2.24) is 0 Å². The van der Waals surface area contributed by atoms with E-state index in [0.29, 0.717) is 5.75 Å². The number of methoxy groups -OCH3 is 1. The highest BCUT2D eigenvalue weighted by atomic mass is 16.6. The smallest absolute Gasteiger partial charge is 0.273 e. The molecule has 8 heteroatoms. The summed E-state index contributed by atoms with van der Waals surface area (Å²) in [5.74, 6) is 0.616. The van der Waals surface area contributed by atoms with Crippen molar-refractivity contribution in [2.24, 2.45) is 5.92 Å². The van der Waals surface area contributed by atoms with Gasteiger partial charge in [0.2, 0.25) is 0 Å². The van der Waals surface area contributed by atoms with E-state index in [1.165, 1.54) is 25.3 Å². The number of rotatable bonds is 4. The highest BCUT2D eigenvalue weighted by molar-refractivity contribution is 5.71. The minimum atomic E-state index is -0.421. The number of benzene rings is 2. The lowest BCUT2D eigenvalue weighted by Crippen LogP contribution is -2.29. The number of non-ortho nitro benzene ring substituents is 2. The van der Waals surface area contributed by atoms with Crippen LogP contribution in [0.3, 0.4) is 0 Å². The average Bonchev–Trinajstić information content (AvgIpc) is 3.16. The van der Waals surface area contributed by atoms with Crippen LogP contribution in [-0.2, 0) is 0 Å². The summed E-state index contributed by atoms with van der Waals surface area (Å²) >= 11 is 0. The molecule has 138 valence electrons. The lowest BCUT2D eigenvalue weighted by atomic mass is 9.76. The summed E-state index contributed by atoms with van der Waals surface area (Å²) in [4.78, 5) is 21.4. The van der Waals surface area contributed by atoms with Gasteiger partial charge in [-0.15, -0.1) is 0 Å². The molecule has 1 heterocycles. The van der Waals surface area contributed by atoms with E-state index in [9.17, 15) is 20.2 Å². The van der Waals surface area contributed by atoms with Gasteiger partial charge >= 0.3 is 0 Å². The molecule has 1 aliphatic heterocycles. The summed E-state index contributed by atoms with van der Waals surface area (Å²) in [5.41, 5.74) is 2.56. The first-order valence-corrected chi connectivity index (χ1v) is 8.53. The molecular formula is C19H17N3O5. The molecule has 2 aromatic rings. The predicted octanol–water partition coefficient (Wildman–Crippen LogP) is 4.34. The Morgan fingerprint density at radius 2 is 1.78 bits per heavy atom. The van der Waals surface area contributed by atoms with Crippen LogP contribution in [0.4, 0.5) is 17.1 Å². The highest BCUT2D eigenvalue weighted by Crippen LogP contribution is 2.53. The Hall–Kier alpha value is -3.42.